The summed E-state index contributed by atoms with van der Waals surface area (Å²) >= 11 is 12.2. The minimum absolute atomic E-state index is 0. The summed E-state index contributed by atoms with van der Waals surface area (Å²) in [6.07, 6.45) is 4.86. The van der Waals surface area contributed by atoms with E-state index in [0.717, 1.165) is 23.2 Å². The van der Waals surface area contributed by atoms with Crippen molar-refractivity contribution in [3.63, 3.8) is 0 Å². The number of halogens is 3. The number of aromatic nitrogens is 3. The summed E-state index contributed by atoms with van der Waals surface area (Å²) in [6.45, 7) is 2.98. The van der Waals surface area contributed by atoms with Gasteiger partial charge in [0.15, 0.2) is 11.8 Å². The Bertz CT molecular complexity index is 786. The van der Waals surface area contributed by atoms with Crippen molar-refractivity contribution in [1.82, 2.24) is 25.4 Å². The molecule has 27 heavy (non-hydrogen) atoms. The normalized spacial score (nSPS) is 14.9. The van der Waals surface area contributed by atoms with E-state index < -0.39 is 0 Å². The van der Waals surface area contributed by atoms with Gasteiger partial charge in [-0.25, -0.2) is 4.99 Å². The van der Waals surface area contributed by atoms with E-state index in [0.29, 0.717) is 29.2 Å². The molecule has 1 heterocycles. The molecule has 9 heteroatoms. The molecule has 2 aromatic rings. The Morgan fingerprint density at radius 2 is 2.00 bits per heavy atom. The maximum atomic E-state index is 6.26. The Morgan fingerprint density at radius 1 is 1.26 bits per heavy atom. The van der Waals surface area contributed by atoms with Gasteiger partial charge in [-0.1, -0.05) is 42.1 Å². The van der Waals surface area contributed by atoms with Crippen LogP contribution >= 0.6 is 47.2 Å². The van der Waals surface area contributed by atoms with Crippen LogP contribution in [0.4, 0.5) is 0 Å². The van der Waals surface area contributed by atoms with Crippen molar-refractivity contribution in [3.8, 4) is 0 Å². The van der Waals surface area contributed by atoms with Crippen LogP contribution in [0.25, 0.3) is 0 Å². The fourth-order valence-electron chi connectivity index (χ4n) is 3.00. The van der Waals surface area contributed by atoms with Gasteiger partial charge in [-0.2, -0.15) is 0 Å². The van der Waals surface area contributed by atoms with Gasteiger partial charge in [0.25, 0.3) is 0 Å². The van der Waals surface area contributed by atoms with Gasteiger partial charge in [0.1, 0.15) is 5.82 Å². The Kier molecular flexibility index (Phi) is 8.62. The highest BCUT2D eigenvalue weighted by Gasteiger charge is 2.16. The molecule has 1 aliphatic rings. The number of nitrogens with one attached hydrogen (secondary N) is 2. The predicted molar refractivity (Wildman–Crippen MR) is 121 cm³/mol. The molecule has 0 unspecified atom stereocenters. The number of aryl methyl sites for hydroxylation is 1. The number of rotatable bonds is 5. The summed E-state index contributed by atoms with van der Waals surface area (Å²) in [5.41, 5.74) is 0.943. The first-order valence-electron chi connectivity index (χ1n) is 8.86. The van der Waals surface area contributed by atoms with Crippen molar-refractivity contribution in [3.05, 3.63) is 45.5 Å². The topological polar surface area (TPSA) is 67.1 Å². The molecule has 0 amide bonds. The number of hydrogen-bond acceptors (Lipinski definition) is 3. The van der Waals surface area contributed by atoms with Crippen molar-refractivity contribution < 1.29 is 0 Å². The summed E-state index contributed by atoms with van der Waals surface area (Å²) in [4.78, 5) is 4.71. The van der Waals surface area contributed by atoms with Gasteiger partial charge in [-0.05, 0) is 37.5 Å². The van der Waals surface area contributed by atoms with Gasteiger partial charge < -0.3 is 15.2 Å². The summed E-state index contributed by atoms with van der Waals surface area (Å²) in [5.74, 6) is 2.52. The molecular weight excluding hydrogens is 498 g/mol. The molecule has 0 bridgehead atoms. The Morgan fingerprint density at radius 3 is 2.63 bits per heavy atom. The first-order chi connectivity index (χ1) is 12.5. The minimum Gasteiger partial charge on any atom is -0.354 e. The number of nitrogens with zero attached hydrogens (tertiary/aromatic N) is 4. The third kappa shape index (κ3) is 6.22. The maximum absolute atomic E-state index is 6.26. The lowest BCUT2D eigenvalue weighted by Crippen LogP contribution is -2.42. The molecule has 1 aliphatic carbocycles. The van der Waals surface area contributed by atoms with E-state index in [2.05, 4.69) is 20.8 Å². The largest absolute Gasteiger partial charge is 0.354 e. The smallest absolute Gasteiger partial charge is 0.192 e. The quantitative estimate of drug-likeness (QED) is 0.350. The molecule has 6 nitrogen and oxygen atoms in total. The van der Waals surface area contributed by atoms with Crippen molar-refractivity contribution in [2.24, 2.45) is 12.0 Å². The van der Waals surface area contributed by atoms with E-state index in [1.54, 1.807) is 6.07 Å². The first-order valence-corrected chi connectivity index (χ1v) is 9.62. The molecule has 0 aliphatic heterocycles. The van der Waals surface area contributed by atoms with Crippen molar-refractivity contribution in [1.29, 1.82) is 0 Å². The zero-order valence-corrected chi connectivity index (χ0v) is 19.3. The zero-order chi connectivity index (χ0) is 18.5. The van der Waals surface area contributed by atoms with Gasteiger partial charge in [0.2, 0.25) is 0 Å². The summed E-state index contributed by atoms with van der Waals surface area (Å²) in [5, 5.41) is 16.4. The van der Waals surface area contributed by atoms with Gasteiger partial charge in [-0.3, -0.25) is 0 Å². The molecule has 1 saturated carbocycles. The molecule has 1 aromatic carbocycles. The molecule has 3 rings (SSSR count). The highest BCUT2D eigenvalue weighted by atomic mass is 127. The average Bonchev–Trinajstić information content (AvgIpc) is 3.23. The van der Waals surface area contributed by atoms with Crippen molar-refractivity contribution >= 4 is 53.1 Å². The Balaban J connectivity index is 0.00000261. The van der Waals surface area contributed by atoms with Crippen LogP contribution in [0.5, 0.6) is 0 Å². The molecule has 0 atom stereocenters. The Labute approximate surface area is 187 Å². The van der Waals surface area contributed by atoms with E-state index in [1.807, 2.05) is 30.7 Å². The molecule has 0 radical (unpaired) electrons. The number of benzene rings is 1. The second kappa shape index (κ2) is 10.5. The van der Waals surface area contributed by atoms with Crippen LogP contribution in [0, 0.1) is 6.92 Å². The van der Waals surface area contributed by atoms with Gasteiger partial charge in [0.05, 0.1) is 13.1 Å². The first kappa shape index (κ1) is 22.2. The maximum Gasteiger partial charge on any atom is 0.192 e. The van der Waals surface area contributed by atoms with Gasteiger partial charge in [0, 0.05) is 23.1 Å². The van der Waals surface area contributed by atoms with Crippen LogP contribution in [0.3, 0.4) is 0 Å². The SMILES string of the molecule is Cc1nnc(CNC(=NCc2ccc(Cl)cc2Cl)NC2CCCC2)n1C.I. The lowest BCUT2D eigenvalue weighted by molar-refractivity contribution is 0.606. The predicted octanol–water partition coefficient (Wildman–Crippen LogP) is 4.23. The second-order valence-corrected chi connectivity index (χ2v) is 7.45. The lowest BCUT2D eigenvalue weighted by atomic mass is 10.2. The molecule has 2 N–H and O–H groups in total. The average molecular weight is 523 g/mol. The van der Waals surface area contributed by atoms with Crippen LogP contribution in [-0.4, -0.2) is 26.8 Å². The zero-order valence-electron chi connectivity index (χ0n) is 15.5. The minimum atomic E-state index is 0. The van der Waals surface area contributed by atoms with E-state index in [1.165, 1.54) is 25.7 Å². The fraction of sp³-hybridized carbons (Fsp3) is 0.500. The third-order valence-corrected chi connectivity index (χ3v) is 5.30. The van der Waals surface area contributed by atoms with Crippen molar-refractivity contribution in [2.75, 3.05) is 0 Å². The molecule has 0 saturated heterocycles. The Hall–Kier alpha value is -1.06. The monoisotopic (exact) mass is 522 g/mol. The molecule has 148 valence electrons. The van der Waals surface area contributed by atoms with Crippen LogP contribution in [0.2, 0.25) is 10.0 Å². The second-order valence-electron chi connectivity index (χ2n) is 6.60. The van der Waals surface area contributed by atoms with Gasteiger partial charge in [-0.15, -0.1) is 34.2 Å². The summed E-state index contributed by atoms with van der Waals surface area (Å²) < 4.78 is 1.97. The van der Waals surface area contributed by atoms with Crippen LogP contribution < -0.4 is 10.6 Å². The standard InChI is InChI=1S/C18H24Cl2N6.HI/c1-12-24-25-17(26(12)2)11-22-18(23-15-5-3-4-6-15)21-10-13-7-8-14(19)9-16(13)20;/h7-9,15H,3-6,10-11H2,1-2H3,(H2,21,22,23);1H. The summed E-state index contributed by atoms with van der Waals surface area (Å²) in [7, 11) is 1.96. The molecule has 1 aromatic heterocycles. The highest BCUT2D eigenvalue weighted by Crippen LogP contribution is 2.22. The van der Waals surface area contributed by atoms with Gasteiger partial charge >= 0.3 is 0 Å². The fourth-order valence-corrected chi connectivity index (χ4v) is 3.47. The number of guanidine groups is 1. The number of aliphatic imine (C=N–C) groups is 1. The van der Waals surface area contributed by atoms with Crippen LogP contribution in [-0.2, 0) is 20.1 Å². The lowest BCUT2D eigenvalue weighted by Gasteiger charge is -2.17. The van der Waals surface area contributed by atoms with E-state index in [9.17, 15) is 0 Å². The molecular formula is C18H25Cl2IN6. The third-order valence-electron chi connectivity index (χ3n) is 4.72. The molecule has 1 fully saturated rings. The van der Waals surface area contributed by atoms with Crippen LogP contribution in [0.1, 0.15) is 42.9 Å². The number of hydrogen-bond donors (Lipinski definition) is 2. The van der Waals surface area contributed by atoms with E-state index in [4.69, 9.17) is 28.2 Å². The summed E-state index contributed by atoms with van der Waals surface area (Å²) in [6, 6.07) is 5.95. The highest BCUT2D eigenvalue weighted by molar-refractivity contribution is 14.0. The molecule has 0 spiro atoms. The van der Waals surface area contributed by atoms with Crippen LogP contribution in [0.15, 0.2) is 23.2 Å². The van der Waals surface area contributed by atoms with E-state index in [-0.39, 0.29) is 24.0 Å². The van der Waals surface area contributed by atoms with Crippen molar-refractivity contribution in [2.45, 2.75) is 51.7 Å². The van der Waals surface area contributed by atoms with E-state index >= 15 is 0 Å².